The van der Waals surface area contributed by atoms with Crippen LogP contribution in [0.3, 0.4) is 0 Å². The maximum atomic E-state index is 4.31. The molecular formula is C46H32. The van der Waals surface area contributed by atoms with Gasteiger partial charge in [0, 0.05) is 0 Å². The van der Waals surface area contributed by atoms with Crippen LogP contribution >= 0.6 is 0 Å². The predicted molar refractivity (Wildman–Crippen MR) is 203 cm³/mol. The van der Waals surface area contributed by atoms with E-state index in [4.69, 9.17) is 0 Å². The zero-order valence-corrected chi connectivity index (χ0v) is 26.1. The van der Waals surface area contributed by atoms with Crippen LogP contribution in [0.25, 0.3) is 98.5 Å². The van der Waals surface area contributed by atoms with E-state index >= 15 is 0 Å². The molecule has 9 rings (SSSR count). The van der Waals surface area contributed by atoms with Gasteiger partial charge in [0.2, 0.25) is 0 Å². The Kier molecular flexibility index (Phi) is 5.73. The zero-order chi connectivity index (χ0) is 31.1. The Bertz CT molecular complexity index is 2720. The molecule has 216 valence electrons. The van der Waals surface area contributed by atoms with Gasteiger partial charge in [-0.15, -0.1) is 0 Å². The van der Waals surface area contributed by atoms with Crippen molar-refractivity contribution >= 4 is 76.3 Å². The van der Waals surface area contributed by atoms with E-state index in [1.807, 2.05) is 6.08 Å². The minimum absolute atomic E-state index is 1.08. The monoisotopic (exact) mass is 584 g/mol. The lowest BCUT2D eigenvalue weighted by Gasteiger charge is -2.17. The summed E-state index contributed by atoms with van der Waals surface area (Å²) in [7, 11) is 0. The topological polar surface area (TPSA) is 0 Å². The molecule has 0 saturated heterocycles. The second-order valence-corrected chi connectivity index (χ2v) is 12.8. The van der Waals surface area contributed by atoms with Gasteiger partial charge >= 0.3 is 0 Å². The first kappa shape index (κ1) is 26.7. The van der Waals surface area contributed by atoms with Gasteiger partial charge < -0.3 is 0 Å². The van der Waals surface area contributed by atoms with E-state index in [1.54, 1.807) is 0 Å². The molecule has 0 heterocycles. The molecule has 0 bridgehead atoms. The van der Waals surface area contributed by atoms with Crippen molar-refractivity contribution in [2.75, 3.05) is 0 Å². The molecule has 9 aromatic carbocycles. The second kappa shape index (κ2) is 9.89. The summed E-state index contributed by atoms with van der Waals surface area (Å²) in [5.74, 6) is 0. The molecule has 9 aromatic rings. The third kappa shape index (κ3) is 3.80. The summed E-state index contributed by atoms with van der Waals surface area (Å²) in [6, 6.07) is 47.6. The molecule has 46 heavy (non-hydrogen) atoms. The maximum absolute atomic E-state index is 4.31. The molecule has 0 N–H and O–H groups in total. The molecule has 0 aliphatic heterocycles. The van der Waals surface area contributed by atoms with Gasteiger partial charge in [-0.1, -0.05) is 128 Å². The summed E-state index contributed by atoms with van der Waals surface area (Å²) < 4.78 is 0. The van der Waals surface area contributed by atoms with Gasteiger partial charge in [-0.05, 0) is 142 Å². The smallest absolute Gasteiger partial charge is 0.00206 e. The normalized spacial score (nSPS) is 11.9. The molecule has 0 fully saturated rings. The highest BCUT2D eigenvalue weighted by atomic mass is 14.2. The molecule has 0 aliphatic carbocycles. The summed E-state index contributed by atoms with van der Waals surface area (Å²) in [5.41, 5.74) is 9.62. The van der Waals surface area contributed by atoms with Gasteiger partial charge in [0.15, 0.2) is 0 Å². The fourth-order valence-electron chi connectivity index (χ4n) is 7.98. The van der Waals surface area contributed by atoms with Crippen LogP contribution in [0, 0.1) is 6.92 Å². The second-order valence-electron chi connectivity index (χ2n) is 12.8. The molecule has 0 aromatic heterocycles. The van der Waals surface area contributed by atoms with Crippen molar-refractivity contribution in [3.05, 3.63) is 157 Å². The maximum Gasteiger partial charge on any atom is -0.00206 e. The molecule has 0 spiro atoms. The lowest BCUT2D eigenvalue weighted by atomic mass is 9.86. The molecule has 0 amide bonds. The Morgan fingerprint density at radius 3 is 1.96 bits per heavy atom. The Morgan fingerprint density at radius 2 is 1.17 bits per heavy atom. The zero-order valence-electron chi connectivity index (χ0n) is 26.1. The van der Waals surface area contributed by atoms with Crippen LogP contribution < -0.4 is 0 Å². The highest BCUT2D eigenvalue weighted by Crippen LogP contribution is 2.43. The van der Waals surface area contributed by atoms with Crippen LogP contribution in [0.15, 0.2) is 141 Å². The van der Waals surface area contributed by atoms with E-state index in [1.165, 1.54) is 98.0 Å². The Balaban J connectivity index is 1.31. The summed E-state index contributed by atoms with van der Waals surface area (Å²) in [6.45, 7) is 12.8. The predicted octanol–water partition coefficient (Wildman–Crippen LogP) is 13.4. The van der Waals surface area contributed by atoms with Crippen molar-refractivity contribution in [1.82, 2.24) is 0 Å². The average Bonchev–Trinajstić information content (AvgIpc) is 3.09. The first-order chi connectivity index (χ1) is 22.5. The molecule has 0 unspecified atom stereocenters. The Hall–Kier alpha value is -5.72. The summed E-state index contributed by atoms with van der Waals surface area (Å²) in [5, 5.41) is 15.4. The highest BCUT2D eigenvalue weighted by Gasteiger charge is 2.16. The van der Waals surface area contributed by atoms with E-state index in [0.29, 0.717) is 0 Å². The van der Waals surface area contributed by atoms with Crippen molar-refractivity contribution in [1.29, 1.82) is 0 Å². The fraction of sp³-hybridized carbons (Fsp3) is 0.0435. The van der Waals surface area contributed by atoms with Crippen LogP contribution in [0.4, 0.5) is 0 Å². The SMILES string of the molecule is C=Cc1cc(-c2cc3cc(-c4ccc5ccc6cccc7ccc4c5c67)ccc3c3ccccc23)cc2ccc(C)c(C(=C)C)c12. The fourth-order valence-corrected chi connectivity index (χ4v) is 7.98. The van der Waals surface area contributed by atoms with Crippen molar-refractivity contribution in [3.63, 3.8) is 0 Å². The van der Waals surface area contributed by atoms with Crippen LogP contribution in [-0.4, -0.2) is 0 Å². The minimum Gasteiger partial charge on any atom is -0.0984 e. The number of rotatable bonds is 4. The van der Waals surface area contributed by atoms with Gasteiger partial charge in [0.1, 0.15) is 0 Å². The third-order valence-electron chi connectivity index (χ3n) is 10.0. The van der Waals surface area contributed by atoms with E-state index < -0.39 is 0 Å². The summed E-state index contributed by atoms with van der Waals surface area (Å²) >= 11 is 0. The first-order valence-electron chi connectivity index (χ1n) is 16.0. The van der Waals surface area contributed by atoms with Gasteiger partial charge in [-0.2, -0.15) is 0 Å². The first-order valence-corrected chi connectivity index (χ1v) is 16.0. The standard InChI is InChI=1S/C46H32/c1-5-29-23-35(25-34-14-13-28(4)43(27(2)3)44(29)34)42-26-36-24-33(19-21-38(36)39-11-6-7-12-40(39)42)37-20-17-32-16-15-30-9-8-10-31-18-22-41(37)46(32)45(30)31/h5-26H,1-2H2,3-4H3. The lowest BCUT2D eigenvalue weighted by molar-refractivity contribution is 1.44. The molecule has 0 radical (unpaired) electrons. The van der Waals surface area contributed by atoms with E-state index in [9.17, 15) is 0 Å². The summed E-state index contributed by atoms with van der Waals surface area (Å²) in [6.07, 6.45) is 1.99. The van der Waals surface area contributed by atoms with Gasteiger partial charge in [0.25, 0.3) is 0 Å². The average molecular weight is 585 g/mol. The van der Waals surface area contributed by atoms with Gasteiger partial charge in [-0.25, -0.2) is 0 Å². The van der Waals surface area contributed by atoms with Gasteiger partial charge in [-0.3, -0.25) is 0 Å². The molecule has 0 nitrogen and oxygen atoms in total. The molecule has 0 aliphatic rings. The molecule has 0 saturated carbocycles. The van der Waals surface area contributed by atoms with Gasteiger partial charge in [0.05, 0.1) is 0 Å². The van der Waals surface area contributed by atoms with Crippen molar-refractivity contribution in [3.8, 4) is 22.3 Å². The van der Waals surface area contributed by atoms with Crippen molar-refractivity contribution in [2.45, 2.75) is 13.8 Å². The Labute approximate surface area is 268 Å². The van der Waals surface area contributed by atoms with Crippen molar-refractivity contribution < 1.29 is 0 Å². The summed E-state index contributed by atoms with van der Waals surface area (Å²) in [4.78, 5) is 0. The number of fused-ring (bicyclic) bond motifs is 4. The third-order valence-corrected chi connectivity index (χ3v) is 10.0. The quantitative estimate of drug-likeness (QED) is 0.181. The number of hydrogen-bond donors (Lipinski definition) is 0. The Morgan fingerprint density at radius 1 is 0.500 bits per heavy atom. The largest absolute Gasteiger partial charge is 0.0984 e. The molecule has 0 atom stereocenters. The molecular weight excluding hydrogens is 553 g/mol. The number of allylic oxidation sites excluding steroid dienone is 1. The van der Waals surface area contributed by atoms with Crippen molar-refractivity contribution in [2.24, 2.45) is 0 Å². The highest BCUT2D eigenvalue weighted by molar-refractivity contribution is 6.26. The number of aryl methyl sites for hydroxylation is 1. The minimum atomic E-state index is 1.08. The van der Waals surface area contributed by atoms with E-state index in [0.717, 1.165) is 11.1 Å². The van der Waals surface area contributed by atoms with Crippen LogP contribution in [0.2, 0.25) is 0 Å². The van der Waals surface area contributed by atoms with E-state index in [2.05, 4.69) is 154 Å². The van der Waals surface area contributed by atoms with Crippen LogP contribution in [-0.2, 0) is 0 Å². The van der Waals surface area contributed by atoms with E-state index in [-0.39, 0.29) is 0 Å². The number of hydrogen-bond acceptors (Lipinski definition) is 0. The van der Waals surface area contributed by atoms with Crippen LogP contribution in [0.5, 0.6) is 0 Å². The van der Waals surface area contributed by atoms with Crippen LogP contribution in [0.1, 0.15) is 23.6 Å². The molecule has 0 heteroatoms. The lowest BCUT2D eigenvalue weighted by Crippen LogP contribution is -1.93. The number of benzene rings is 9.